The lowest BCUT2D eigenvalue weighted by Gasteiger charge is -2.28. The Kier molecular flexibility index (Phi) is 9.25. The van der Waals surface area contributed by atoms with Gasteiger partial charge in [0, 0.05) is 23.0 Å². The molecule has 2 N–H and O–H groups in total. The second-order valence-electron chi connectivity index (χ2n) is 9.58. The Morgan fingerprint density at radius 3 is 2.42 bits per heavy atom. The molecular formula is C28H27ClF5N3O3. The highest BCUT2D eigenvalue weighted by Crippen LogP contribution is 2.38. The maximum Gasteiger partial charge on any atom is 0.417 e. The largest absolute Gasteiger partial charge is 0.417 e. The molecule has 0 spiro atoms. The number of aromatic amines is 1. The number of aromatic nitrogens is 2. The Hall–Kier alpha value is -3.31. The third-order valence-corrected chi connectivity index (χ3v) is 7.33. The minimum absolute atomic E-state index is 0.0476. The van der Waals surface area contributed by atoms with Crippen LogP contribution in [0.25, 0.3) is 11.4 Å². The molecule has 0 aliphatic heterocycles. The van der Waals surface area contributed by atoms with Gasteiger partial charge in [0.05, 0.1) is 29.5 Å². The number of alkyl halides is 3. The summed E-state index contributed by atoms with van der Waals surface area (Å²) in [6, 6.07) is 8.92. The summed E-state index contributed by atoms with van der Waals surface area (Å²) in [7, 11) is 0. The summed E-state index contributed by atoms with van der Waals surface area (Å²) in [5.74, 6) is -4.01. The van der Waals surface area contributed by atoms with Crippen molar-refractivity contribution in [3.8, 4) is 11.4 Å². The molecular weight excluding hydrogens is 557 g/mol. The van der Waals surface area contributed by atoms with Crippen molar-refractivity contribution in [2.24, 2.45) is 5.92 Å². The van der Waals surface area contributed by atoms with Crippen LogP contribution in [0.2, 0.25) is 5.02 Å². The predicted octanol–water partition coefficient (Wildman–Crippen LogP) is 6.34. The SMILES string of the molecule is CCc1nc(-c2c(C(F)(F)F)ccc(CNC(=O)C3CCC(OCc4ccccc4Cl)CC3)c2F)[nH]c(=O)c1F. The van der Waals surface area contributed by atoms with Crippen LogP contribution in [0.4, 0.5) is 22.0 Å². The first kappa shape index (κ1) is 29.7. The highest BCUT2D eigenvalue weighted by molar-refractivity contribution is 6.31. The minimum Gasteiger partial charge on any atom is -0.373 e. The van der Waals surface area contributed by atoms with E-state index in [1.165, 1.54) is 6.92 Å². The molecule has 6 nitrogen and oxygen atoms in total. The molecule has 3 aromatic rings. The van der Waals surface area contributed by atoms with Crippen molar-refractivity contribution in [3.05, 3.63) is 85.8 Å². The van der Waals surface area contributed by atoms with Crippen LogP contribution in [0.5, 0.6) is 0 Å². The molecule has 40 heavy (non-hydrogen) atoms. The molecule has 1 saturated carbocycles. The molecule has 1 aliphatic rings. The summed E-state index contributed by atoms with van der Waals surface area (Å²) in [6.07, 6.45) is -2.80. The third-order valence-electron chi connectivity index (χ3n) is 6.96. The van der Waals surface area contributed by atoms with Gasteiger partial charge in [-0.05, 0) is 49.8 Å². The van der Waals surface area contributed by atoms with Crippen LogP contribution >= 0.6 is 11.6 Å². The number of amides is 1. The Bertz CT molecular complexity index is 1440. The molecule has 1 amide bonds. The lowest BCUT2D eigenvalue weighted by Crippen LogP contribution is -2.34. The minimum atomic E-state index is -4.98. The number of H-pyrrole nitrogens is 1. The van der Waals surface area contributed by atoms with Gasteiger partial charge in [0.15, 0.2) is 0 Å². The topological polar surface area (TPSA) is 84.1 Å². The fourth-order valence-electron chi connectivity index (χ4n) is 4.72. The van der Waals surface area contributed by atoms with E-state index in [2.05, 4.69) is 10.3 Å². The number of aryl methyl sites for hydroxylation is 1. The third kappa shape index (κ3) is 6.69. The predicted molar refractivity (Wildman–Crippen MR) is 138 cm³/mol. The molecule has 12 heteroatoms. The van der Waals surface area contributed by atoms with Crippen LogP contribution in [-0.4, -0.2) is 22.0 Å². The molecule has 0 saturated heterocycles. The van der Waals surface area contributed by atoms with Crippen molar-refractivity contribution in [2.75, 3.05) is 0 Å². The highest BCUT2D eigenvalue weighted by Gasteiger charge is 2.37. The van der Waals surface area contributed by atoms with E-state index in [1.54, 1.807) is 6.07 Å². The first-order valence-electron chi connectivity index (χ1n) is 12.8. The van der Waals surface area contributed by atoms with Gasteiger partial charge in [-0.2, -0.15) is 17.6 Å². The number of benzene rings is 2. The van der Waals surface area contributed by atoms with E-state index in [-0.39, 0.29) is 36.5 Å². The van der Waals surface area contributed by atoms with E-state index < -0.39 is 46.0 Å². The van der Waals surface area contributed by atoms with Gasteiger partial charge in [0.2, 0.25) is 11.7 Å². The second-order valence-corrected chi connectivity index (χ2v) is 9.99. The van der Waals surface area contributed by atoms with Crippen LogP contribution in [0.1, 0.15) is 55.0 Å². The number of carbonyl (C=O) groups excluding carboxylic acids is 1. The quantitative estimate of drug-likeness (QED) is 0.303. The van der Waals surface area contributed by atoms with Gasteiger partial charge in [-0.15, -0.1) is 0 Å². The molecule has 1 heterocycles. The van der Waals surface area contributed by atoms with Crippen molar-refractivity contribution < 1.29 is 31.5 Å². The standard InChI is InChI=1S/C28H27ClF5N3O3/c1-2-21-24(31)27(39)37-25(36-21)22-19(28(32,33)34)12-9-16(23(22)30)13-35-26(38)15-7-10-18(11-8-15)40-14-17-5-3-4-6-20(17)29/h3-6,9,12,15,18H,2,7-8,10-11,13-14H2,1H3,(H,35,38)(H,36,37,39). The van der Waals surface area contributed by atoms with E-state index in [4.69, 9.17) is 16.3 Å². The van der Waals surface area contributed by atoms with Gasteiger partial charge >= 0.3 is 6.18 Å². The molecule has 214 valence electrons. The molecule has 2 aromatic carbocycles. The summed E-state index contributed by atoms with van der Waals surface area (Å²) in [5.41, 5.74) is -3.46. The molecule has 0 atom stereocenters. The molecule has 0 bridgehead atoms. The number of carbonyl (C=O) groups is 1. The van der Waals surface area contributed by atoms with Gasteiger partial charge in [0.25, 0.3) is 5.56 Å². The van der Waals surface area contributed by atoms with E-state index in [1.807, 2.05) is 23.2 Å². The smallest absolute Gasteiger partial charge is 0.373 e. The maximum atomic E-state index is 15.5. The van der Waals surface area contributed by atoms with Crippen molar-refractivity contribution in [3.63, 3.8) is 0 Å². The first-order valence-corrected chi connectivity index (χ1v) is 13.2. The summed E-state index contributed by atoms with van der Waals surface area (Å²) < 4.78 is 76.6. The second kappa shape index (κ2) is 12.5. The van der Waals surface area contributed by atoms with Crippen molar-refractivity contribution >= 4 is 17.5 Å². The Balaban J connectivity index is 1.44. The fourth-order valence-corrected chi connectivity index (χ4v) is 4.91. The van der Waals surface area contributed by atoms with Crippen molar-refractivity contribution in [1.29, 1.82) is 0 Å². The number of nitrogens with zero attached hydrogens (tertiary/aromatic N) is 1. The van der Waals surface area contributed by atoms with Gasteiger partial charge in [-0.3, -0.25) is 9.59 Å². The average Bonchev–Trinajstić information content (AvgIpc) is 2.92. The van der Waals surface area contributed by atoms with Crippen LogP contribution in [0.3, 0.4) is 0 Å². The lowest BCUT2D eigenvalue weighted by molar-refractivity contribution is -0.137. The summed E-state index contributed by atoms with van der Waals surface area (Å²) in [6.45, 7) is 1.43. The van der Waals surface area contributed by atoms with E-state index in [0.29, 0.717) is 43.4 Å². The van der Waals surface area contributed by atoms with Crippen LogP contribution in [0.15, 0.2) is 41.2 Å². The Labute approximate surface area is 231 Å². The molecule has 1 fully saturated rings. The monoisotopic (exact) mass is 583 g/mol. The van der Waals surface area contributed by atoms with Crippen LogP contribution in [-0.2, 0) is 35.3 Å². The normalized spacial score (nSPS) is 17.6. The highest BCUT2D eigenvalue weighted by atomic mass is 35.5. The number of nitrogens with one attached hydrogen (secondary N) is 2. The van der Waals surface area contributed by atoms with Crippen LogP contribution in [0, 0.1) is 17.6 Å². The molecule has 4 rings (SSSR count). The zero-order valence-corrected chi connectivity index (χ0v) is 22.3. The zero-order chi connectivity index (χ0) is 29.0. The zero-order valence-electron chi connectivity index (χ0n) is 21.5. The number of halogens is 6. The Morgan fingerprint density at radius 1 is 1.07 bits per heavy atom. The van der Waals surface area contributed by atoms with Gasteiger partial charge in [-0.25, -0.2) is 9.37 Å². The lowest BCUT2D eigenvalue weighted by atomic mass is 9.86. The van der Waals surface area contributed by atoms with Gasteiger partial charge in [-0.1, -0.05) is 42.8 Å². The first-order chi connectivity index (χ1) is 19.0. The molecule has 1 aliphatic carbocycles. The van der Waals surface area contributed by atoms with Gasteiger partial charge < -0.3 is 15.0 Å². The summed E-state index contributed by atoms with van der Waals surface area (Å²) in [4.78, 5) is 30.4. The molecule has 0 radical (unpaired) electrons. The van der Waals surface area contributed by atoms with E-state index in [9.17, 15) is 27.2 Å². The summed E-state index contributed by atoms with van der Waals surface area (Å²) in [5, 5.41) is 3.21. The number of hydrogen-bond acceptors (Lipinski definition) is 4. The number of ether oxygens (including phenoxy) is 1. The fraction of sp³-hybridized carbons (Fsp3) is 0.393. The van der Waals surface area contributed by atoms with E-state index >= 15 is 4.39 Å². The Morgan fingerprint density at radius 2 is 1.77 bits per heavy atom. The van der Waals surface area contributed by atoms with E-state index in [0.717, 1.165) is 11.6 Å². The number of hydrogen-bond donors (Lipinski definition) is 2. The van der Waals surface area contributed by atoms with Crippen LogP contribution < -0.4 is 10.9 Å². The van der Waals surface area contributed by atoms with Gasteiger partial charge in [0.1, 0.15) is 11.6 Å². The van der Waals surface area contributed by atoms with Crippen molar-refractivity contribution in [1.82, 2.24) is 15.3 Å². The number of rotatable bonds is 8. The summed E-state index contributed by atoms with van der Waals surface area (Å²) >= 11 is 6.16. The average molecular weight is 584 g/mol. The van der Waals surface area contributed by atoms with Crippen molar-refractivity contribution in [2.45, 2.75) is 64.5 Å². The molecule has 0 unspecified atom stereocenters. The maximum absolute atomic E-state index is 15.5. The molecule has 1 aromatic heterocycles.